The summed E-state index contributed by atoms with van der Waals surface area (Å²) in [6.45, 7) is 2.33. The molecular formula is C11H16N2O3S. The van der Waals surface area contributed by atoms with Crippen LogP contribution >= 0.6 is 0 Å². The van der Waals surface area contributed by atoms with E-state index in [4.69, 9.17) is 0 Å². The van der Waals surface area contributed by atoms with Crippen LogP contribution in [0, 0.1) is 10.1 Å². The van der Waals surface area contributed by atoms with Crippen LogP contribution in [0.1, 0.15) is 12.5 Å². The molecular weight excluding hydrogens is 240 g/mol. The molecule has 0 amide bonds. The van der Waals surface area contributed by atoms with Crippen molar-refractivity contribution in [1.29, 1.82) is 0 Å². The van der Waals surface area contributed by atoms with Gasteiger partial charge in [0, 0.05) is 47.0 Å². The molecule has 94 valence electrons. The molecule has 17 heavy (non-hydrogen) atoms. The Labute approximate surface area is 103 Å². The molecule has 0 aliphatic carbocycles. The molecule has 5 nitrogen and oxygen atoms in total. The molecule has 0 radical (unpaired) electrons. The average molecular weight is 256 g/mol. The molecule has 0 aliphatic heterocycles. The lowest BCUT2D eigenvalue weighted by Gasteiger charge is -2.12. The lowest BCUT2D eigenvalue weighted by molar-refractivity contribution is -0.385. The van der Waals surface area contributed by atoms with Crippen molar-refractivity contribution in [3.8, 4) is 0 Å². The number of nitro groups is 1. The van der Waals surface area contributed by atoms with Gasteiger partial charge in [-0.1, -0.05) is 18.2 Å². The van der Waals surface area contributed by atoms with E-state index in [2.05, 4.69) is 5.32 Å². The zero-order valence-electron chi connectivity index (χ0n) is 9.88. The van der Waals surface area contributed by atoms with Crippen molar-refractivity contribution in [3.05, 3.63) is 39.9 Å². The molecule has 1 N–H and O–H groups in total. The maximum atomic E-state index is 11.0. The predicted octanol–water partition coefficient (Wildman–Crippen LogP) is 1.45. The molecule has 0 bridgehead atoms. The van der Waals surface area contributed by atoms with E-state index in [1.165, 1.54) is 6.07 Å². The zero-order chi connectivity index (χ0) is 12.8. The fourth-order valence-electron chi connectivity index (χ4n) is 1.53. The Hall–Kier alpha value is -1.27. The quantitative estimate of drug-likeness (QED) is 0.617. The van der Waals surface area contributed by atoms with Crippen molar-refractivity contribution in [1.82, 2.24) is 5.32 Å². The summed E-state index contributed by atoms with van der Waals surface area (Å²) in [5, 5.41) is 13.9. The summed E-state index contributed by atoms with van der Waals surface area (Å²) in [4.78, 5) is 10.4. The minimum absolute atomic E-state index is 0.0700. The molecule has 0 spiro atoms. The minimum atomic E-state index is -0.864. The van der Waals surface area contributed by atoms with Crippen molar-refractivity contribution in [2.45, 2.75) is 19.5 Å². The van der Waals surface area contributed by atoms with Gasteiger partial charge in [-0.25, -0.2) is 0 Å². The van der Waals surface area contributed by atoms with Crippen molar-refractivity contribution < 1.29 is 9.13 Å². The summed E-state index contributed by atoms with van der Waals surface area (Å²) >= 11 is 0. The highest BCUT2D eigenvalue weighted by molar-refractivity contribution is 7.84. The Morgan fingerprint density at radius 2 is 2.12 bits per heavy atom. The first-order valence-electron chi connectivity index (χ1n) is 5.26. The Bertz CT molecular complexity index is 423. The molecule has 1 aromatic carbocycles. The number of hydrogen-bond acceptors (Lipinski definition) is 4. The summed E-state index contributed by atoms with van der Waals surface area (Å²) in [6.07, 6.45) is 1.64. The van der Waals surface area contributed by atoms with Crippen LogP contribution in [0.25, 0.3) is 0 Å². The summed E-state index contributed by atoms with van der Waals surface area (Å²) in [7, 11) is -0.864. The normalized spacial score (nSPS) is 14.2. The second kappa shape index (κ2) is 6.46. The van der Waals surface area contributed by atoms with E-state index < -0.39 is 10.8 Å². The monoisotopic (exact) mass is 256 g/mol. The minimum Gasteiger partial charge on any atom is -0.309 e. The van der Waals surface area contributed by atoms with E-state index in [1.54, 1.807) is 24.5 Å². The van der Waals surface area contributed by atoms with Crippen LogP contribution in [0.3, 0.4) is 0 Å². The molecule has 0 fully saturated rings. The van der Waals surface area contributed by atoms with E-state index >= 15 is 0 Å². The van der Waals surface area contributed by atoms with E-state index in [1.807, 2.05) is 6.92 Å². The highest BCUT2D eigenvalue weighted by Crippen LogP contribution is 2.17. The number of benzene rings is 1. The number of nitrogens with one attached hydrogen (secondary N) is 1. The van der Waals surface area contributed by atoms with Crippen LogP contribution in [-0.4, -0.2) is 27.2 Å². The molecule has 0 heterocycles. The Morgan fingerprint density at radius 3 is 2.71 bits per heavy atom. The second-order valence-corrected chi connectivity index (χ2v) is 5.39. The Kier molecular flexibility index (Phi) is 5.24. The molecule has 2 unspecified atom stereocenters. The van der Waals surface area contributed by atoms with Gasteiger partial charge in [0.1, 0.15) is 0 Å². The number of nitrogens with zero attached hydrogens (tertiary/aromatic N) is 1. The fraction of sp³-hybridized carbons (Fsp3) is 0.455. The van der Waals surface area contributed by atoms with Crippen LogP contribution < -0.4 is 5.32 Å². The molecule has 0 aromatic heterocycles. The third-order valence-corrected chi connectivity index (χ3v) is 3.28. The van der Waals surface area contributed by atoms with Gasteiger partial charge >= 0.3 is 0 Å². The fourth-order valence-corrected chi connectivity index (χ4v) is 2.36. The van der Waals surface area contributed by atoms with Crippen molar-refractivity contribution in [2.75, 3.05) is 12.0 Å². The molecule has 0 aliphatic rings. The molecule has 0 saturated carbocycles. The summed E-state index contributed by atoms with van der Waals surface area (Å²) < 4.78 is 11.0. The number of nitro benzene ring substituents is 1. The molecule has 1 aromatic rings. The first kappa shape index (κ1) is 13.8. The Morgan fingerprint density at radius 1 is 1.47 bits per heavy atom. The van der Waals surface area contributed by atoms with Crippen LogP contribution in [0.15, 0.2) is 24.3 Å². The standard InChI is InChI=1S/C11H16N2O3S/c1-9(8-17(2)16)12-7-10-5-3-4-6-11(10)13(14)15/h3-6,9,12H,7-8H2,1-2H3. The van der Waals surface area contributed by atoms with Gasteiger partial charge in [0.15, 0.2) is 0 Å². The van der Waals surface area contributed by atoms with Gasteiger partial charge in [-0.15, -0.1) is 0 Å². The number of para-hydroxylation sites is 1. The Balaban J connectivity index is 2.63. The van der Waals surface area contributed by atoms with E-state index in [0.717, 1.165) is 0 Å². The topological polar surface area (TPSA) is 72.2 Å². The van der Waals surface area contributed by atoms with E-state index in [-0.39, 0.29) is 16.7 Å². The average Bonchev–Trinajstić information content (AvgIpc) is 2.25. The highest BCUT2D eigenvalue weighted by atomic mass is 32.2. The summed E-state index contributed by atoms with van der Waals surface area (Å²) in [5.41, 5.74) is 0.760. The smallest absolute Gasteiger partial charge is 0.273 e. The predicted molar refractivity (Wildman–Crippen MR) is 68.3 cm³/mol. The molecule has 2 atom stereocenters. The van der Waals surface area contributed by atoms with Crippen molar-refractivity contribution in [2.24, 2.45) is 0 Å². The first-order chi connectivity index (χ1) is 8.00. The zero-order valence-corrected chi connectivity index (χ0v) is 10.7. The molecule has 0 saturated heterocycles. The largest absolute Gasteiger partial charge is 0.309 e. The van der Waals surface area contributed by atoms with Crippen LogP contribution in [-0.2, 0) is 17.3 Å². The second-order valence-electron chi connectivity index (χ2n) is 3.91. The van der Waals surface area contributed by atoms with Gasteiger partial charge in [-0.3, -0.25) is 14.3 Å². The van der Waals surface area contributed by atoms with E-state index in [0.29, 0.717) is 17.9 Å². The first-order valence-corrected chi connectivity index (χ1v) is 6.99. The third-order valence-electron chi connectivity index (χ3n) is 2.31. The van der Waals surface area contributed by atoms with Crippen molar-refractivity contribution in [3.63, 3.8) is 0 Å². The summed E-state index contributed by atoms with van der Waals surface area (Å²) in [6, 6.07) is 6.69. The maximum absolute atomic E-state index is 11.0. The molecule has 6 heteroatoms. The van der Waals surface area contributed by atoms with Gasteiger partial charge < -0.3 is 5.32 Å². The lowest BCUT2D eigenvalue weighted by Crippen LogP contribution is -2.30. The van der Waals surface area contributed by atoms with Gasteiger partial charge in [-0.05, 0) is 6.92 Å². The van der Waals surface area contributed by atoms with Crippen LogP contribution in [0.2, 0.25) is 0 Å². The van der Waals surface area contributed by atoms with Gasteiger partial charge in [-0.2, -0.15) is 0 Å². The van der Waals surface area contributed by atoms with Crippen LogP contribution in [0.4, 0.5) is 5.69 Å². The third kappa shape index (κ3) is 4.62. The lowest BCUT2D eigenvalue weighted by atomic mass is 10.2. The van der Waals surface area contributed by atoms with Gasteiger partial charge in [0.2, 0.25) is 0 Å². The maximum Gasteiger partial charge on any atom is 0.273 e. The number of rotatable bonds is 6. The van der Waals surface area contributed by atoms with E-state index in [9.17, 15) is 14.3 Å². The van der Waals surface area contributed by atoms with Gasteiger partial charge in [0.25, 0.3) is 5.69 Å². The number of hydrogen-bond donors (Lipinski definition) is 1. The highest BCUT2D eigenvalue weighted by Gasteiger charge is 2.12. The van der Waals surface area contributed by atoms with Crippen molar-refractivity contribution >= 4 is 16.5 Å². The molecule has 1 rings (SSSR count). The SMILES string of the molecule is CC(CS(C)=O)NCc1ccccc1[N+](=O)[O-]. The van der Waals surface area contributed by atoms with Crippen LogP contribution in [0.5, 0.6) is 0 Å². The summed E-state index contributed by atoms with van der Waals surface area (Å²) in [5.74, 6) is 0.542. The van der Waals surface area contributed by atoms with Gasteiger partial charge in [0.05, 0.1) is 4.92 Å².